The molecule has 0 heterocycles. The van der Waals surface area contributed by atoms with Gasteiger partial charge in [0.15, 0.2) is 0 Å². The monoisotopic (exact) mass is 260 g/mol. The number of hydrogen-bond acceptors (Lipinski definition) is 3. The van der Waals surface area contributed by atoms with Crippen molar-refractivity contribution < 1.29 is 14.3 Å². The summed E-state index contributed by atoms with van der Waals surface area (Å²) >= 11 is 0. The van der Waals surface area contributed by atoms with Crippen molar-refractivity contribution >= 4 is 11.8 Å². The highest BCUT2D eigenvalue weighted by atomic mass is 16.5. The van der Waals surface area contributed by atoms with Gasteiger partial charge in [-0.15, -0.1) is 0 Å². The average molecular weight is 260 g/mol. The topological polar surface area (TPSA) is 43.4 Å². The molecule has 2 unspecified atom stereocenters. The first-order valence-corrected chi connectivity index (χ1v) is 6.84. The molecule has 0 aliphatic heterocycles. The highest BCUT2D eigenvalue weighted by Gasteiger charge is 2.32. The molecular weight excluding hydrogens is 240 g/mol. The molecule has 102 valence electrons. The van der Waals surface area contributed by atoms with Gasteiger partial charge in [0.1, 0.15) is 5.78 Å². The largest absolute Gasteiger partial charge is 0.469 e. The fraction of sp³-hybridized carbons (Fsp3) is 0.500. The molecule has 1 fully saturated rings. The van der Waals surface area contributed by atoms with E-state index in [0.717, 1.165) is 18.4 Å². The molecule has 0 aromatic heterocycles. The lowest BCUT2D eigenvalue weighted by Gasteiger charge is -2.27. The minimum atomic E-state index is -0.198. The van der Waals surface area contributed by atoms with Crippen LogP contribution in [0.5, 0.6) is 0 Å². The average Bonchev–Trinajstić information content (AvgIpc) is 2.45. The van der Waals surface area contributed by atoms with E-state index in [1.165, 1.54) is 7.11 Å². The van der Waals surface area contributed by atoms with E-state index in [1.54, 1.807) is 0 Å². The SMILES string of the molecule is COC(=O)C(Cc1ccccc1)C1CCCC(=O)C1. The Bertz CT molecular complexity index is 439. The van der Waals surface area contributed by atoms with E-state index in [1.807, 2.05) is 30.3 Å². The summed E-state index contributed by atoms with van der Waals surface area (Å²) in [5, 5.41) is 0. The molecule has 2 rings (SSSR count). The summed E-state index contributed by atoms with van der Waals surface area (Å²) in [5.74, 6) is 0.0207. The van der Waals surface area contributed by atoms with Crippen molar-refractivity contribution in [3.63, 3.8) is 0 Å². The highest BCUT2D eigenvalue weighted by Crippen LogP contribution is 2.31. The van der Waals surface area contributed by atoms with Crippen molar-refractivity contribution in [2.45, 2.75) is 32.1 Å². The third-order valence-electron chi connectivity index (χ3n) is 3.89. The molecule has 1 aliphatic rings. The number of esters is 1. The molecule has 1 aromatic carbocycles. The van der Waals surface area contributed by atoms with Gasteiger partial charge in [-0.25, -0.2) is 0 Å². The van der Waals surface area contributed by atoms with Crippen LogP contribution in [0.1, 0.15) is 31.2 Å². The maximum Gasteiger partial charge on any atom is 0.309 e. The number of ketones is 1. The molecule has 3 nitrogen and oxygen atoms in total. The number of benzene rings is 1. The van der Waals surface area contributed by atoms with E-state index in [9.17, 15) is 9.59 Å². The van der Waals surface area contributed by atoms with E-state index >= 15 is 0 Å². The minimum absolute atomic E-state index is 0.133. The second-order valence-electron chi connectivity index (χ2n) is 5.21. The van der Waals surface area contributed by atoms with E-state index in [4.69, 9.17) is 4.74 Å². The van der Waals surface area contributed by atoms with Crippen molar-refractivity contribution in [3.8, 4) is 0 Å². The number of carbonyl (C=O) groups is 2. The number of carbonyl (C=O) groups excluding carboxylic acids is 2. The molecule has 0 amide bonds. The summed E-state index contributed by atoms with van der Waals surface area (Å²) < 4.78 is 4.92. The Balaban J connectivity index is 2.11. The van der Waals surface area contributed by atoms with Crippen molar-refractivity contribution in [1.29, 1.82) is 0 Å². The van der Waals surface area contributed by atoms with Gasteiger partial charge in [-0.3, -0.25) is 9.59 Å². The zero-order valence-electron chi connectivity index (χ0n) is 11.3. The molecule has 1 aliphatic carbocycles. The normalized spacial score (nSPS) is 20.9. The minimum Gasteiger partial charge on any atom is -0.469 e. The van der Waals surface area contributed by atoms with E-state index in [-0.39, 0.29) is 23.6 Å². The van der Waals surface area contributed by atoms with Gasteiger partial charge >= 0.3 is 5.97 Å². The predicted molar refractivity (Wildman–Crippen MR) is 72.6 cm³/mol. The van der Waals surface area contributed by atoms with Gasteiger partial charge in [0.05, 0.1) is 13.0 Å². The lowest BCUT2D eigenvalue weighted by Crippen LogP contribution is -2.31. The molecule has 1 saturated carbocycles. The lowest BCUT2D eigenvalue weighted by atomic mass is 9.77. The maximum absolute atomic E-state index is 12.0. The third-order valence-corrected chi connectivity index (χ3v) is 3.89. The van der Waals surface area contributed by atoms with Crippen molar-refractivity contribution in [1.82, 2.24) is 0 Å². The van der Waals surface area contributed by atoms with Crippen molar-refractivity contribution in [2.24, 2.45) is 11.8 Å². The fourth-order valence-electron chi connectivity index (χ4n) is 2.86. The van der Waals surface area contributed by atoms with Crippen LogP contribution in [0.3, 0.4) is 0 Å². The molecule has 19 heavy (non-hydrogen) atoms. The summed E-state index contributed by atoms with van der Waals surface area (Å²) in [4.78, 5) is 23.6. The number of rotatable bonds is 4. The van der Waals surface area contributed by atoms with Gasteiger partial charge in [0.2, 0.25) is 0 Å². The molecule has 0 N–H and O–H groups in total. The molecule has 1 aromatic rings. The maximum atomic E-state index is 12.0. The van der Waals surface area contributed by atoms with Gasteiger partial charge in [0, 0.05) is 12.8 Å². The number of methoxy groups -OCH3 is 1. The van der Waals surface area contributed by atoms with Crippen LogP contribution in [0, 0.1) is 11.8 Å². The van der Waals surface area contributed by atoms with Crippen molar-refractivity contribution in [2.75, 3.05) is 7.11 Å². The molecular formula is C16H20O3. The Kier molecular flexibility index (Phi) is 4.72. The first-order chi connectivity index (χ1) is 9.20. The summed E-state index contributed by atoms with van der Waals surface area (Å²) in [6.45, 7) is 0. The molecule has 0 radical (unpaired) electrons. The van der Waals surface area contributed by atoms with Gasteiger partial charge in [-0.1, -0.05) is 30.3 Å². The van der Waals surface area contributed by atoms with Gasteiger partial charge in [-0.05, 0) is 30.7 Å². The second-order valence-corrected chi connectivity index (χ2v) is 5.21. The predicted octanol–water partition coefficient (Wildman–Crippen LogP) is 2.78. The molecule has 0 bridgehead atoms. The Hall–Kier alpha value is -1.64. The second kappa shape index (κ2) is 6.50. The number of hydrogen-bond donors (Lipinski definition) is 0. The quantitative estimate of drug-likeness (QED) is 0.782. The van der Waals surface area contributed by atoms with Crippen LogP contribution >= 0.6 is 0 Å². The zero-order chi connectivity index (χ0) is 13.7. The highest BCUT2D eigenvalue weighted by molar-refractivity contribution is 5.81. The van der Waals surface area contributed by atoms with Crippen molar-refractivity contribution in [3.05, 3.63) is 35.9 Å². The van der Waals surface area contributed by atoms with Gasteiger partial charge in [0.25, 0.3) is 0 Å². The Morgan fingerprint density at radius 2 is 2.11 bits per heavy atom. The molecule has 0 saturated heterocycles. The van der Waals surface area contributed by atoms with Gasteiger partial charge < -0.3 is 4.74 Å². The first kappa shape index (κ1) is 13.8. The lowest BCUT2D eigenvalue weighted by molar-refractivity contribution is -0.148. The van der Waals surface area contributed by atoms with Crippen LogP contribution in [0.4, 0.5) is 0 Å². The van der Waals surface area contributed by atoms with Crippen LogP contribution in [0.25, 0.3) is 0 Å². The number of ether oxygens (including phenoxy) is 1. The van der Waals surface area contributed by atoms with Crippen LogP contribution < -0.4 is 0 Å². The van der Waals surface area contributed by atoms with Crippen LogP contribution in [-0.2, 0) is 20.7 Å². The van der Waals surface area contributed by atoms with E-state index in [0.29, 0.717) is 19.3 Å². The summed E-state index contributed by atoms with van der Waals surface area (Å²) in [7, 11) is 1.42. The van der Waals surface area contributed by atoms with Crippen LogP contribution in [-0.4, -0.2) is 18.9 Å². The third kappa shape index (κ3) is 3.66. The summed E-state index contributed by atoms with van der Waals surface area (Å²) in [6, 6.07) is 9.92. The summed E-state index contributed by atoms with van der Waals surface area (Å²) in [6.07, 6.45) is 3.68. The first-order valence-electron chi connectivity index (χ1n) is 6.84. The zero-order valence-corrected chi connectivity index (χ0v) is 11.3. The number of Topliss-reactive ketones (excluding diaryl/α,β-unsaturated/α-hetero) is 1. The molecule has 3 heteroatoms. The molecule has 2 atom stereocenters. The smallest absolute Gasteiger partial charge is 0.309 e. The standard InChI is InChI=1S/C16H20O3/c1-19-16(18)15(10-12-6-3-2-4-7-12)13-8-5-9-14(17)11-13/h2-4,6-7,13,15H,5,8-11H2,1H3. The van der Waals surface area contributed by atoms with Crippen LogP contribution in [0.2, 0.25) is 0 Å². The van der Waals surface area contributed by atoms with E-state index < -0.39 is 0 Å². The van der Waals surface area contributed by atoms with Gasteiger partial charge in [-0.2, -0.15) is 0 Å². The Morgan fingerprint density at radius 3 is 2.74 bits per heavy atom. The van der Waals surface area contributed by atoms with E-state index in [2.05, 4.69) is 0 Å². The fourth-order valence-corrected chi connectivity index (χ4v) is 2.86. The van der Waals surface area contributed by atoms with Crippen LogP contribution in [0.15, 0.2) is 30.3 Å². The molecule has 0 spiro atoms. The Labute approximate surface area is 114 Å². The Morgan fingerprint density at radius 1 is 1.37 bits per heavy atom. The summed E-state index contributed by atoms with van der Waals surface area (Å²) in [5.41, 5.74) is 1.12.